The van der Waals surface area contributed by atoms with Crippen LogP contribution in [0, 0.1) is 5.92 Å². The summed E-state index contributed by atoms with van der Waals surface area (Å²) in [7, 11) is 0. The number of hydrogen-bond donors (Lipinski definition) is 0. The van der Waals surface area contributed by atoms with E-state index in [1.165, 1.54) is 38.8 Å². The molecule has 2 aliphatic rings. The number of ether oxygens (including phenoxy) is 1. The van der Waals surface area contributed by atoms with Crippen LogP contribution in [0.1, 0.15) is 39.5 Å². The molecule has 2 aliphatic heterocycles. The van der Waals surface area contributed by atoms with Crippen LogP contribution in [0.2, 0.25) is 0 Å². The van der Waals surface area contributed by atoms with Crippen molar-refractivity contribution >= 4 is 15.9 Å². The zero-order chi connectivity index (χ0) is 11.6. The van der Waals surface area contributed by atoms with Gasteiger partial charge in [-0.25, -0.2) is 0 Å². The molecule has 0 aromatic carbocycles. The molecule has 3 heteroatoms. The van der Waals surface area contributed by atoms with Gasteiger partial charge in [-0.2, -0.15) is 0 Å². The zero-order valence-electron chi connectivity index (χ0n) is 10.5. The summed E-state index contributed by atoms with van der Waals surface area (Å²) in [4.78, 5) is 2.60. The first-order chi connectivity index (χ1) is 7.59. The third-order valence-electron chi connectivity index (χ3n) is 3.84. The molecule has 2 rings (SSSR count). The molecule has 0 spiro atoms. The Balaban J connectivity index is 1.77. The quantitative estimate of drug-likeness (QED) is 0.741. The summed E-state index contributed by atoms with van der Waals surface area (Å²) in [6.07, 6.45) is 5.67. The van der Waals surface area contributed by atoms with Crippen molar-refractivity contribution in [1.29, 1.82) is 0 Å². The Labute approximate surface area is 108 Å². The molecular weight excluding hydrogens is 266 g/mol. The van der Waals surface area contributed by atoms with Crippen LogP contribution in [0.15, 0.2) is 0 Å². The highest BCUT2D eigenvalue weighted by molar-refractivity contribution is 9.09. The van der Waals surface area contributed by atoms with Crippen molar-refractivity contribution in [3.8, 4) is 0 Å². The summed E-state index contributed by atoms with van der Waals surface area (Å²) in [5, 5.41) is 1.15. The third-order valence-corrected chi connectivity index (χ3v) is 4.75. The van der Waals surface area contributed by atoms with Crippen molar-refractivity contribution in [2.45, 2.75) is 51.2 Å². The van der Waals surface area contributed by atoms with Crippen LogP contribution in [-0.2, 0) is 4.74 Å². The molecule has 2 unspecified atom stereocenters. The summed E-state index contributed by atoms with van der Waals surface area (Å²) in [6, 6.07) is 0. The first-order valence-corrected chi connectivity index (χ1v) is 7.67. The Morgan fingerprint density at radius 3 is 2.81 bits per heavy atom. The highest BCUT2D eigenvalue weighted by Gasteiger charge is 2.33. The molecule has 0 aliphatic carbocycles. The van der Waals surface area contributed by atoms with Gasteiger partial charge in [-0.05, 0) is 52.0 Å². The number of hydrogen-bond acceptors (Lipinski definition) is 2. The van der Waals surface area contributed by atoms with Gasteiger partial charge in [0.1, 0.15) is 0 Å². The van der Waals surface area contributed by atoms with E-state index in [1.54, 1.807) is 0 Å². The lowest BCUT2D eigenvalue weighted by Gasteiger charge is -2.33. The van der Waals surface area contributed by atoms with Crippen LogP contribution in [0.25, 0.3) is 0 Å². The highest BCUT2D eigenvalue weighted by Crippen LogP contribution is 2.30. The third kappa shape index (κ3) is 3.44. The number of rotatable bonds is 3. The first kappa shape index (κ1) is 12.8. The lowest BCUT2D eigenvalue weighted by atomic mass is 9.99. The van der Waals surface area contributed by atoms with E-state index >= 15 is 0 Å². The second kappa shape index (κ2) is 5.36. The van der Waals surface area contributed by atoms with Crippen LogP contribution in [0.4, 0.5) is 0 Å². The normalized spacial score (nSPS) is 35.4. The number of halogens is 1. The van der Waals surface area contributed by atoms with E-state index in [0.29, 0.717) is 6.10 Å². The Hall–Kier alpha value is 0.400. The summed E-state index contributed by atoms with van der Waals surface area (Å²) in [5.41, 5.74) is 0.120. The van der Waals surface area contributed by atoms with E-state index in [4.69, 9.17) is 4.74 Å². The second-order valence-corrected chi connectivity index (χ2v) is 6.61. The van der Waals surface area contributed by atoms with Crippen molar-refractivity contribution in [2.24, 2.45) is 5.92 Å². The molecule has 16 heavy (non-hydrogen) atoms. The van der Waals surface area contributed by atoms with Crippen LogP contribution >= 0.6 is 15.9 Å². The highest BCUT2D eigenvalue weighted by atomic mass is 79.9. The molecule has 0 N–H and O–H groups in total. The molecule has 0 saturated carbocycles. The topological polar surface area (TPSA) is 12.5 Å². The van der Waals surface area contributed by atoms with Crippen molar-refractivity contribution in [2.75, 3.05) is 25.0 Å². The molecular formula is C13H24BrNO. The lowest BCUT2D eigenvalue weighted by molar-refractivity contribution is -0.0323. The molecule has 0 aromatic heterocycles. The SMILES string of the molecule is CC1(C)CCC(CN2CCCC(CBr)C2)O1. The van der Waals surface area contributed by atoms with E-state index in [9.17, 15) is 0 Å². The molecule has 2 atom stereocenters. The Kier molecular flexibility index (Phi) is 4.31. The molecule has 2 nitrogen and oxygen atoms in total. The van der Waals surface area contributed by atoms with Gasteiger partial charge in [0.15, 0.2) is 0 Å². The molecule has 0 aromatic rings. The van der Waals surface area contributed by atoms with Gasteiger partial charge in [0.2, 0.25) is 0 Å². The van der Waals surface area contributed by atoms with Crippen molar-refractivity contribution in [3.05, 3.63) is 0 Å². The maximum Gasteiger partial charge on any atom is 0.0710 e. The number of nitrogens with zero attached hydrogens (tertiary/aromatic N) is 1. The summed E-state index contributed by atoms with van der Waals surface area (Å²) in [6.45, 7) is 8.09. The number of likely N-dealkylation sites (tertiary alicyclic amines) is 1. The zero-order valence-corrected chi connectivity index (χ0v) is 12.1. The maximum atomic E-state index is 6.07. The van der Waals surface area contributed by atoms with Gasteiger partial charge in [0, 0.05) is 18.4 Å². The molecule has 2 fully saturated rings. The second-order valence-electron chi connectivity index (χ2n) is 5.96. The Morgan fingerprint density at radius 1 is 1.38 bits per heavy atom. The van der Waals surface area contributed by atoms with Gasteiger partial charge in [-0.15, -0.1) is 0 Å². The maximum absolute atomic E-state index is 6.07. The van der Waals surface area contributed by atoms with Crippen LogP contribution in [-0.4, -0.2) is 41.6 Å². The van der Waals surface area contributed by atoms with Gasteiger partial charge in [0.05, 0.1) is 11.7 Å². The molecule has 2 saturated heterocycles. The van der Waals surface area contributed by atoms with Crippen LogP contribution in [0.3, 0.4) is 0 Å². The minimum atomic E-state index is 0.120. The minimum absolute atomic E-state index is 0.120. The number of piperidine rings is 1. The standard InChI is InChI=1S/C13H24BrNO/c1-13(2)6-5-12(16-13)10-15-7-3-4-11(8-14)9-15/h11-12H,3-10H2,1-2H3. The fraction of sp³-hybridized carbons (Fsp3) is 1.00. The molecule has 2 heterocycles. The van der Waals surface area contributed by atoms with E-state index in [1.807, 2.05) is 0 Å². The average Bonchev–Trinajstić information content (AvgIpc) is 2.58. The largest absolute Gasteiger partial charge is 0.371 e. The predicted molar refractivity (Wildman–Crippen MR) is 71.1 cm³/mol. The fourth-order valence-corrected chi connectivity index (χ4v) is 3.47. The van der Waals surface area contributed by atoms with Gasteiger partial charge < -0.3 is 9.64 Å². The Morgan fingerprint density at radius 2 is 2.19 bits per heavy atom. The molecule has 0 radical (unpaired) electrons. The number of alkyl halides is 1. The van der Waals surface area contributed by atoms with E-state index in [2.05, 4.69) is 34.7 Å². The van der Waals surface area contributed by atoms with E-state index < -0.39 is 0 Å². The van der Waals surface area contributed by atoms with Gasteiger partial charge in [0.25, 0.3) is 0 Å². The predicted octanol–water partition coefficient (Wildman–Crippen LogP) is 3.05. The molecule has 0 amide bonds. The smallest absolute Gasteiger partial charge is 0.0710 e. The summed E-state index contributed by atoms with van der Waals surface area (Å²) < 4.78 is 6.07. The monoisotopic (exact) mass is 289 g/mol. The molecule has 94 valence electrons. The van der Waals surface area contributed by atoms with Crippen LogP contribution < -0.4 is 0 Å². The molecule has 0 bridgehead atoms. The summed E-state index contributed by atoms with van der Waals surface area (Å²) in [5.74, 6) is 0.850. The van der Waals surface area contributed by atoms with Crippen molar-refractivity contribution in [3.63, 3.8) is 0 Å². The van der Waals surface area contributed by atoms with E-state index in [-0.39, 0.29) is 5.60 Å². The van der Waals surface area contributed by atoms with Gasteiger partial charge >= 0.3 is 0 Å². The van der Waals surface area contributed by atoms with Gasteiger partial charge in [-0.3, -0.25) is 0 Å². The first-order valence-electron chi connectivity index (χ1n) is 6.55. The minimum Gasteiger partial charge on any atom is -0.371 e. The summed E-state index contributed by atoms with van der Waals surface area (Å²) >= 11 is 3.61. The fourth-order valence-electron chi connectivity index (χ4n) is 2.94. The van der Waals surface area contributed by atoms with Gasteiger partial charge in [-0.1, -0.05) is 15.9 Å². The Bertz CT molecular complexity index is 232. The van der Waals surface area contributed by atoms with Crippen LogP contribution in [0.5, 0.6) is 0 Å². The average molecular weight is 290 g/mol. The van der Waals surface area contributed by atoms with Crippen molar-refractivity contribution in [1.82, 2.24) is 4.90 Å². The van der Waals surface area contributed by atoms with E-state index in [0.717, 1.165) is 17.8 Å². The lowest BCUT2D eigenvalue weighted by Crippen LogP contribution is -2.41. The van der Waals surface area contributed by atoms with Crippen molar-refractivity contribution < 1.29 is 4.74 Å².